The van der Waals surface area contributed by atoms with Crippen molar-refractivity contribution >= 4 is 44.2 Å². The van der Waals surface area contributed by atoms with Crippen LogP contribution in [0.25, 0.3) is 0 Å². The molecule has 1 heterocycles. The van der Waals surface area contributed by atoms with Gasteiger partial charge in [-0.05, 0) is 18.8 Å². The maximum absolute atomic E-state index is 11.7. The van der Waals surface area contributed by atoms with Gasteiger partial charge >= 0.3 is 5.97 Å². The summed E-state index contributed by atoms with van der Waals surface area (Å²) < 4.78 is 26.1. The van der Waals surface area contributed by atoms with E-state index in [-0.39, 0.29) is 22.6 Å². The van der Waals surface area contributed by atoms with Crippen molar-refractivity contribution in [2.24, 2.45) is 5.92 Å². The van der Waals surface area contributed by atoms with Crippen molar-refractivity contribution in [3.63, 3.8) is 0 Å². The Kier molecular flexibility index (Phi) is 4.07. The first kappa shape index (κ1) is 13.6. The van der Waals surface area contributed by atoms with Crippen LogP contribution in [0.15, 0.2) is 4.34 Å². The van der Waals surface area contributed by atoms with E-state index in [9.17, 15) is 13.2 Å². The Bertz CT molecular complexity index is 538. The third kappa shape index (κ3) is 4.42. The van der Waals surface area contributed by atoms with Crippen molar-refractivity contribution in [2.75, 3.05) is 16.2 Å². The van der Waals surface area contributed by atoms with Crippen molar-refractivity contribution < 1.29 is 18.3 Å². The molecule has 0 saturated heterocycles. The van der Waals surface area contributed by atoms with E-state index in [2.05, 4.69) is 14.9 Å². The average Bonchev–Trinajstić information content (AvgIpc) is 2.92. The standard InChI is InChI=1S/C8H11N3O4S3/c12-6(13)3-16-8-10-9-7(17-8)11-18(14,15)4-5-1-2-5/h5H,1-4H2,(H,9,11)(H,12,13). The van der Waals surface area contributed by atoms with E-state index < -0.39 is 16.0 Å². The number of carboxylic acids is 1. The third-order valence-electron chi connectivity index (χ3n) is 2.12. The molecule has 0 amide bonds. The molecule has 2 rings (SSSR count). The van der Waals surface area contributed by atoms with Crippen LogP contribution in [0.1, 0.15) is 12.8 Å². The van der Waals surface area contributed by atoms with Crippen molar-refractivity contribution in [1.82, 2.24) is 10.2 Å². The molecule has 1 aromatic rings. The number of hydrogen-bond donors (Lipinski definition) is 2. The molecule has 0 aromatic carbocycles. The maximum Gasteiger partial charge on any atom is 0.313 e. The Morgan fingerprint density at radius 3 is 2.83 bits per heavy atom. The lowest BCUT2D eigenvalue weighted by atomic mass is 10.5. The normalized spacial score (nSPS) is 15.6. The molecule has 100 valence electrons. The van der Waals surface area contributed by atoms with E-state index >= 15 is 0 Å². The molecule has 0 bridgehead atoms. The molecule has 10 heteroatoms. The zero-order chi connectivity index (χ0) is 13.2. The number of carbonyl (C=O) groups is 1. The van der Waals surface area contributed by atoms with E-state index in [0.717, 1.165) is 35.9 Å². The fourth-order valence-corrected chi connectivity index (χ4v) is 4.42. The third-order valence-corrected chi connectivity index (χ3v) is 5.62. The lowest BCUT2D eigenvalue weighted by Crippen LogP contribution is -2.17. The van der Waals surface area contributed by atoms with Crippen molar-refractivity contribution in [3.8, 4) is 0 Å². The largest absolute Gasteiger partial charge is 0.481 e. The zero-order valence-electron chi connectivity index (χ0n) is 9.20. The molecule has 0 atom stereocenters. The molecular weight excluding hydrogens is 298 g/mol. The number of carboxylic acid groups (broad SMARTS) is 1. The van der Waals surface area contributed by atoms with Gasteiger partial charge in [0.15, 0.2) is 4.34 Å². The van der Waals surface area contributed by atoms with Crippen molar-refractivity contribution in [3.05, 3.63) is 0 Å². The first-order chi connectivity index (χ1) is 8.44. The van der Waals surface area contributed by atoms with Gasteiger partial charge in [0.05, 0.1) is 11.5 Å². The Balaban J connectivity index is 1.91. The summed E-state index contributed by atoms with van der Waals surface area (Å²) in [6.45, 7) is 0. The molecule has 1 saturated carbocycles. The molecule has 18 heavy (non-hydrogen) atoms. The molecule has 0 radical (unpaired) electrons. The zero-order valence-corrected chi connectivity index (χ0v) is 11.6. The topological polar surface area (TPSA) is 109 Å². The average molecular weight is 309 g/mol. The Morgan fingerprint density at radius 2 is 2.22 bits per heavy atom. The van der Waals surface area contributed by atoms with Crippen LogP contribution in [-0.4, -0.2) is 41.2 Å². The molecule has 1 fully saturated rings. The number of aliphatic carboxylic acids is 1. The van der Waals surface area contributed by atoms with Gasteiger partial charge in [-0.25, -0.2) is 8.42 Å². The van der Waals surface area contributed by atoms with Crippen LogP contribution in [0.2, 0.25) is 0 Å². The number of hydrogen-bond acceptors (Lipinski definition) is 7. The van der Waals surface area contributed by atoms with Gasteiger partial charge < -0.3 is 5.11 Å². The summed E-state index contributed by atoms with van der Waals surface area (Å²) in [5.74, 6) is -0.699. The van der Waals surface area contributed by atoms with Crippen LogP contribution in [0.5, 0.6) is 0 Å². The SMILES string of the molecule is O=C(O)CSc1nnc(NS(=O)(=O)CC2CC2)s1. The van der Waals surface area contributed by atoms with Gasteiger partial charge in [0.2, 0.25) is 15.2 Å². The molecule has 2 N–H and O–H groups in total. The van der Waals surface area contributed by atoms with E-state index in [0.29, 0.717) is 4.34 Å². The Labute approximate surface area is 112 Å². The molecule has 7 nitrogen and oxygen atoms in total. The molecule has 0 unspecified atom stereocenters. The fourth-order valence-electron chi connectivity index (χ4n) is 1.20. The number of rotatable bonds is 7. The van der Waals surface area contributed by atoms with Crippen LogP contribution >= 0.6 is 23.1 Å². The summed E-state index contributed by atoms with van der Waals surface area (Å²) in [4.78, 5) is 10.4. The number of nitrogens with one attached hydrogen (secondary N) is 1. The second-order valence-electron chi connectivity index (χ2n) is 3.88. The molecular formula is C8H11N3O4S3. The minimum absolute atomic E-state index is 0.115. The molecule has 0 spiro atoms. The Morgan fingerprint density at radius 1 is 1.50 bits per heavy atom. The van der Waals surface area contributed by atoms with Crippen LogP contribution in [-0.2, 0) is 14.8 Å². The monoisotopic (exact) mass is 309 g/mol. The van der Waals surface area contributed by atoms with E-state index in [1.807, 2.05) is 0 Å². The number of sulfonamides is 1. The van der Waals surface area contributed by atoms with Crippen molar-refractivity contribution in [1.29, 1.82) is 0 Å². The van der Waals surface area contributed by atoms with Gasteiger partial charge in [-0.3, -0.25) is 9.52 Å². The maximum atomic E-state index is 11.7. The smallest absolute Gasteiger partial charge is 0.313 e. The van der Waals surface area contributed by atoms with Gasteiger partial charge in [0, 0.05) is 0 Å². The van der Waals surface area contributed by atoms with Gasteiger partial charge in [-0.1, -0.05) is 23.1 Å². The molecule has 0 aliphatic heterocycles. The fraction of sp³-hybridized carbons (Fsp3) is 0.625. The summed E-state index contributed by atoms with van der Waals surface area (Å²) in [7, 11) is -3.36. The highest BCUT2D eigenvalue weighted by Gasteiger charge is 2.28. The van der Waals surface area contributed by atoms with E-state index in [4.69, 9.17) is 5.11 Å². The van der Waals surface area contributed by atoms with Crippen LogP contribution in [0.4, 0.5) is 5.13 Å². The van der Waals surface area contributed by atoms with Crippen LogP contribution < -0.4 is 4.72 Å². The highest BCUT2D eigenvalue weighted by molar-refractivity contribution is 8.01. The summed E-state index contributed by atoms with van der Waals surface area (Å²) in [6.07, 6.45) is 1.91. The molecule has 1 aliphatic rings. The highest BCUT2D eigenvalue weighted by atomic mass is 32.2. The second kappa shape index (κ2) is 5.41. The van der Waals surface area contributed by atoms with E-state index in [1.165, 1.54) is 0 Å². The van der Waals surface area contributed by atoms with Crippen LogP contribution in [0, 0.1) is 5.92 Å². The first-order valence-electron chi connectivity index (χ1n) is 5.13. The second-order valence-corrected chi connectivity index (χ2v) is 7.85. The summed E-state index contributed by atoms with van der Waals surface area (Å²) in [6, 6.07) is 0. The lowest BCUT2D eigenvalue weighted by molar-refractivity contribution is -0.133. The van der Waals surface area contributed by atoms with Gasteiger partial charge in [-0.2, -0.15) is 0 Å². The summed E-state index contributed by atoms with van der Waals surface area (Å²) in [5, 5.41) is 16.1. The van der Waals surface area contributed by atoms with Crippen molar-refractivity contribution in [2.45, 2.75) is 17.2 Å². The first-order valence-corrected chi connectivity index (χ1v) is 8.58. The summed E-state index contributed by atoms with van der Waals surface area (Å²) in [5.41, 5.74) is 0. The lowest BCUT2D eigenvalue weighted by Gasteiger charge is -2.02. The van der Waals surface area contributed by atoms with Gasteiger partial charge in [0.1, 0.15) is 0 Å². The number of anilines is 1. The van der Waals surface area contributed by atoms with Gasteiger partial charge in [0.25, 0.3) is 0 Å². The number of thioether (sulfide) groups is 1. The minimum Gasteiger partial charge on any atom is -0.481 e. The molecule has 1 aromatic heterocycles. The minimum atomic E-state index is -3.36. The molecule has 1 aliphatic carbocycles. The quantitative estimate of drug-likeness (QED) is 0.719. The Hall–Kier alpha value is -0.870. The summed E-state index contributed by atoms with van der Waals surface area (Å²) >= 11 is 2.05. The highest BCUT2D eigenvalue weighted by Crippen LogP contribution is 2.31. The predicted octanol–water partition coefficient (Wildman–Crippen LogP) is 0.866. The van der Waals surface area contributed by atoms with E-state index in [1.54, 1.807) is 0 Å². The van der Waals surface area contributed by atoms with Crippen LogP contribution in [0.3, 0.4) is 0 Å². The predicted molar refractivity (Wildman–Crippen MR) is 68.4 cm³/mol. The number of nitrogens with zero attached hydrogens (tertiary/aromatic N) is 2. The van der Waals surface area contributed by atoms with Gasteiger partial charge in [-0.15, -0.1) is 10.2 Å². The number of aromatic nitrogens is 2.